The number of phenols is 2. The Morgan fingerprint density at radius 2 is 1.13 bits per heavy atom. The molecular formula is C32H37NO4S2. The molecule has 1 aliphatic rings. The van der Waals surface area contributed by atoms with Gasteiger partial charge in [-0.15, -0.1) is 49.8 Å². The summed E-state index contributed by atoms with van der Waals surface area (Å²) in [5, 5.41) is 31.3. The van der Waals surface area contributed by atoms with Crippen LogP contribution < -0.4 is 0 Å². The Morgan fingerprint density at radius 1 is 0.769 bits per heavy atom. The van der Waals surface area contributed by atoms with Gasteiger partial charge in [0.15, 0.2) is 12.0 Å². The van der Waals surface area contributed by atoms with Gasteiger partial charge in [-0.25, -0.2) is 0 Å². The summed E-state index contributed by atoms with van der Waals surface area (Å²) in [7, 11) is 0. The number of thioether (sulfide) groups is 2. The second-order valence-electron chi connectivity index (χ2n) is 9.47. The highest BCUT2D eigenvalue weighted by Gasteiger charge is 2.37. The van der Waals surface area contributed by atoms with Crippen molar-refractivity contribution >= 4 is 29.8 Å². The van der Waals surface area contributed by atoms with E-state index >= 15 is 0 Å². The summed E-state index contributed by atoms with van der Waals surface area (Å²) in [6.07, 6.45) is 12.9. The Morgan fingerprint density at radius 3 is 1.44 bits per heavy atom. The first kappa shape index (κ1) is 30.3. The minimum absolute atomic E-state index is 0.275. The Labute approximate surface area is 240 Å². The monoisotopic (exact) mass is 563 g/mol. The third-order valence-electron chi connectivity index (χ3n) is 6.54. The molecule has 0 aliphatic carbocycles. The van der Waals surface area contributed by atoms with Crippen molar-refractivity contribution in [1.29, 1.82) is 0 Å². The number of benzene rings is 2. The molecule has 2 aromatic rings. The Hall–Kier alpha value is -3.29. The van der Waals surface area contributed by atoms with Gasteiger partial charge in [-0.2, -0.15) is 0 Å². The fourth-order valence-electron chi connectivity index (χ4n) is 4.68. The van der Waals surface area contributed by atoms with Crippen LogP contribution in [0.4, 0.5) is 0 Å². The molecule has 0 aromatic heterocycles. The second kappa shape index (κ2) is 14.2. The van der Waals surface area contributed by atoms with Gasteiger partial charge in [0.05, 0.1) is 4.08 Å². The maximum absolute atomic E-state index is 11.0. The van der Waals surface area contributed by atoms with E-state index in [0.29, 0.717) is 45.1 Å². The molecule has 2 aromatic carbocycles. The van der Waals surface area contributed by atoms with Crippen LogP contribution in [0.1, 0.15) is 35.1 Å². The largest absolute Gasteiger partial charge is 0.507 e. The van der Waals surface area contributed by atoms with Crippen LogP contribution in [0.25, 0.3) is 0 Å². The number of aldehydes is 1. The molecule has 0 saturated carbocycles. The molecule has 1 heterocycles. The van der Waals surface area contributed by atoms with E-state index in [1.165, 1.54) is 6.20 Å². The molecule has 0 atom stereocenters. The van der Waals surface area contributed by atoms with Crippen LogP contribution in [0, 0.1) is 0 Å². The lowest BCUT2D eigenvalue weighted by atomic mass is 10.0. The van der Waals surface area contributed by atoms with Crippen molar-refractivity contribution in [3.63, 3.8) is 0 Å². The summed E-state index contributed by atoms with van der Waals surface area (Å²) < 4.78 is -0.275. The Kier molecular flexibility index (Phi) is 11.0. The molecule has 3 N–H and O–H groups in total. The van der Waals surface area contributed by atoms with E-state index in [2.05, 4.69) is 26.3 Å². The van der Waals surface area contributed by atoms with E-state index in [1.54, 1.807) is 47.8 Å². The van der Waals surface area contributed by atoms with Crippen LogP contribution in [0.15, 0.2) is 96.6 Å². The molecule has 0 radical (unpaired) electrons. The lowest BCUT2D eigenvalue weighted by Gasteiger charge is -2.41. The quantitative estimate of drug-likeness (QED) is 0.0732. The zero-order chi connectivity index (χ0) is 28.4. The highest BCUT2D eigenvalue weighted by molar-refractivity contribution is 8.18. The summed E-state index contributed by atoms with van der Waals surface area (Å²) in [4.78, 5) is 15.0. The highest BCUT2D eigenvalue weighted by atomic mass is 32.2. The fraction of sp³-hybridized carbons (Fsp3) is 0.281. The van der Waals surface area contributed by atoms with Crippen LogP contribution in [0.5, 0.6) is 11.5 Å². The average molecular weight is 564 g/mol. The number of aliphatic hydroxyl groups is 1. The minimum Gasteiger partial charge on any atom is -0.507 e. The number of nitrogens with zero attached hydrogens (tertiary/aromatic N) is 1. The van der Waals surface area contributed by atoms with Crippen LogP contribution in [-0.4, -0.2) is 43.7 Å². The normalized spacial score (nSPS) is 15.0. The number of rotatable bonds is 14. The number of piperidine rings is 1. The number of hydrogen-bond acceptors (Lipinski definition) is 7. The van der Waals surface area contributed by atoms with Gasteiger partial charge in [0, 0.05) is 29.1 Å². The first-order chi connectivity index (χ1) is 18.8. The zero-order valence-electron chi connectivity index (χ0n) is 22.3. The number of carbonyl (C=O) groups excluding carboxylic acids is 1. The van der Waals surface area contributed by atoms with E-state index in [1.807, 2.05) is 29.2 Å². The molecule has 0 unspecified atom stereocenters. The third kappa shape index (κ3) is 7.87. The lowest BCUT2D eigenvalue weighted by molar-refractivity contribution is -0.107. The fourth-order valence-corrected chi connectivity index (χ4v) is 7.87. The number of likely N-dealkylation sites (tertiary alicyclic amines) is 1. The topological polar surface area (TPSA) is 81.0 Å². The molecule has 7 heteroatoms. The summed E-state index contributed by atoms with van der Waals surface area (Å²) in [5.41, 5.74) is 3.31. The van der Waals surface area contributed by atoms with Gasteiger partial charge in [-0.05, 0) is 85.0 Å². The molecule has 1 aliphatic heterocycles. The molecule has 0 bridgehead atoms. The molecular weight excluding hydrogens is 526 g/mol. The van der Waals surface area contributed by atoms with Gasteiger partial charge in [0.25, 0.3) is 0 Å². The van der Waals surface area contributed by atoms with E-state index in [4.69, 9.17) is 0 Å². The number of allylic oxidation sites excluding steroid dienone is 5. The van der Waals surface area contributed by atoms with Gasteiger partial charge < -0.3 is 20.2 Å². The first-order valence-electron chi connectivity index (χ1n) is 12.9. The Balaban J connectivity index is 2.05. The zero-order valence-corrected chi connectivity index (χ0v) is 23.9. The van der Waals surface area contributed by atoms with Crippen molar-refractivity contribution in [3.8, 4) is 11.5 Å². The summed E-state index contributed by atoms with van der Waals surface area (Å²) >= 11 is 3.53. The van der Waals surface area contributed by atoms with Gasteiger partial charge in [0.2, 0.25) is 0 Å². The minimum atomic E-state index is -0.286. The van der Waals surface area contributed by atoms with Gasteiger partial charge in [0.1, 0.15) is 11.5 Å². The van der Waals surface area contributed by atoms with Gasteiger partial charge >= 0.3 is 0 Å². The van der Waals surface area contributed by atoms with E-state index in [9.17, 15) is 20.1 Å². The highest BCUT2D eigenvalue weighted by Crippen LogP contribution is 2.53. The smallest absolute Gasteiger partial charge is 0.185 e. The Bertz CT molecular complexity index is 1120. The summed E-state index contributed by atoms with van der Waals surface area (Å²) in [6, 6.07) is 8.13. The number of aliphatic hydroxyl groups excluding tert-OH is 1. The lowest BCUT2D eigenvalue weighted by Crippen LogP contribution is -2.38. The molecule has 1 fully saturated rings. The number of hydrogen-bond donors (Lipinski definition) is 3. The molecule has 1 saturated heterocycles. The van der Waals surface area contributed by atoms with Crippen LogP contribution >= 0.6 is 23.5 Å². The molecule has 39 heavy (non-hydrogen) atoms. The van der Waals surface area contributed by atoms with E-state index < -0.39 is 0 Å². The second-order valence-corrected chi connectivity index (χ2v) is 12.6. The van der Waals surface area contributed by atoms with Crippen molar-refractivity contribution < 1.29 is 20.1 Å². The van der Waals surface area contributed by atoms with Gasteiger partial charge in [-0.1, -0.05) is 24.3 Å². The van der Waals surface area contributed by atoms with E-state index in [0.717, 1.165) is 44.9 Å². The van der Waals surface area contributed by atoms with Crippen molar-refractivity contribution in [2.45, 2.75) is 52.4 Å². The predicted octanol–water partition coefficient (Wildman–Crippen LogP) is 7.29. The van der Waals surface area contributed by atoms with Crippen molar-refractivity contribution in [2.24, 2.45) is 0 Å². The van der Waals surface area contributed by atoms with Crippen molar-refractivity contribution in [1.82, 2.24) is 4.90 Å². The van der Waals surface area contributed by atoms with Crippen LogP contribution in [-0.2, 0) is 30.5 Å². The molecule has 0 spiro atoms. The number of phenolic OH excluding ortho intramolecular Hbond substituents is 2. The SMILES string of the molecule is C=CCc1cc(SC2(Sc3cc(CC=C)c(O)c(CC=C)c3)CCN(C=C(O)C=O)CC2)cc(CC=C)c1O. The molecule has 0 amide bonds. The predicted molar refractivity (Wildman–Crippen MR) is 164 cm³/mol. The number of aromatic hydroxyl groups is 2. The number of carbonyl (C=O) groups is 1. The standard InChI is InChI=1S/C32H37NO4S2/c1-5-9-23-17-28(18-24(10-6-2)30(23)36)38-32(13-15-33(16-14-32)21-27(35)22-34)39-29-19-25(11-7-3)31(37)26(20-29)12-8-4/h5-8,17-22,35-37H,1-4,9-16H2. The maximum Gasteiger partial charge on any atom is 0.185 e. The molecule has 5 nitrogen and oxygen atoms in total. The summed E-state index contributed by atoms with van der Waals surface area (Å²) in [6.45, 7) is 16.7. The third-order valence-corrected chi connectivity index (χ3v) is 9.55. The van der Waals surface area contributed by atoms with Gasteiger partial charge in [-0.3, -0.25) is 4.79 Å². The molecule has 3 rings (SSSR count). The van der Waals surface area contributed by atoms with E-state index in [-0.39, 0.29) is 21.3 Å². The van der Waals surface area contributed by atoms with Crippen molar-refractivity contribution in [2.75, 3.05) is 13.1 Å². The maximum atomic E-state index is 11.0. The van der Waals surface area contributed by atoms with Crippen LogP contribution in [0.3, 0.4) is 0 Å². The summed E-state index contributed by atoms with van der Waals surface area (Å²) in [5.74, 6) is 0.282. The average Bonchev–Trinajstić information content (AvgIpc) is 2.91. The van der Waals surface area contributed by atoms with Crippen molar-refractivity contribution in [3.05, 3.63) is 109 Å². The van der Waals surface area contributed by atoms with Crippen LogP contribution in [0.2, 0.25) is 0 Å². The first-order valence-corrected chi connectivity index (χ1v) is 14.5. The molecule has 206 valence electrons.